The van der Waals surface area contributed by atoms with E-state index in [1.807, 2.05) is 23.1 Å². The van der Waals surface area contributed by atoms with Gasteiger partial charge in [0.25, 0.3) is 0 Å². The lowest BCUT2D eigenvalue weighted by Gasteiger charge is -2.31. The molecule has 2 saturated heterocycles. The molecule has 0 aliphatic carbocycles. The molecule has 0 bridgehead atoms. The lowest BCUT2D eigenvalue weighted by atomic mass is 9.99. The van der Waals surface area contributed by atoms with E-state index in [1.54, 1.807) is 18.3 Å². The van der Waals surface area contributed by atoms with Crippen LogP contribution in [0.1, 0.15) is 25.5 Å². The number of rotatable bonds is 5. The van der Waals surface area contributed by atoms with Crippen molar-refractivity contribution >= 4 is 29.1 Å². The smallest absolute Gasteiger partial charge is 0.414 e. The summed E-state index contributed by atoms with van der Waals surface area (Å²) < 4.78 is 20.3. The van der Waals surface area contributed by atoms with E-state index in [-0.39, 0.29) is 19.0 Å². The highest BCUT2D eigenvalue weighted by atomic mass is 19.1. The number of hydrogen-bond donors (Lipinski definition) is 1. The highest BCUT2D eigenvalue weighted by molar-refractivity contribution is 5.90. The minimum Gasteiger partial charge on any atom is -0.442 e. The molecule has 170 valence electrons. The molecule has 1 atom stereocenters. The molecular formula is C24H24FN5O3. The Morgan fingerprint density at radius 1 is 1.30 bits per heavy atom. The molecule has 2 aliphatic rings. The van der Waals surface area contributed by atoms with Crippen molar-refractivity contribution in [1.29, 1.82) is 0 Å². The lowest BCUT2D eigenvalue weighted by molar-refractivity contribution is -0.119. The SMILES string of the molecule is [C-]#[N+]C(=C1CCN(c2ccc(N3C[C@H](CNC(C)=O)OC3=O)cc2F)CC1)c1ccccn1. The first-order valence-electron chi connectivity index (χ1n) is 10.7. The molecule has 33 heavy (non-hydrogen) atoms. The van der Waals surface area contributed by atoms with Crippen LogP contribution in [0.2, 0.25) is 0 Å². The molecule has 1 aromatic heterocycles. The number of amides is 2. The van der Waals surface area contributed by atoms with Crippen molar-refractivity contribution in [1.82, 2.24) is 10.3 Å². The van der Waals surface area contributed by atoms with Crippen molar-refractivity contribution in [3.05, 3.63) is 71.1 Å². The number of halogens is 1. The third kappa shape index (κ3) is 4.95. The number of aromatic nitrogens is 1. The Bertz CT molecular complexity index is 1120. The predicted octanol–water partition coefficient (Wildman–Crippen LogP) is 3.61. The number of pyridine rings is 1. The summed E-state index contributed by atoms with van der Waals surface area (Å²) in [5.41, 5.74) is 3.15. The normalized spacial score (nSPS) is 18.0. The van der Waals surface area contributed by atoms with E-state index in [4.69, 9.17) is 11.3 Å². The third-order valence-corrected chi connectivity index (χ3v) is 5.76. The van der Waals surface area contributed by atoms with Crippen molar-refractivity contribution in [2.75, 3.05) is 36.0 Å². The second-order valence-electron chi connectivity index (χ2n) is 7.96. The summed E-state index contributed by atoms with van der Waals surface area (Å²) in [5.74, 6) is -0.629. The van der Waals surface area contributed by atoms with Crippen LogP contribution >= 0.6 is 0 Å². The molecule has 3 heterocycles. The van der Waals surface area contributed by atoms with Crippen molar-refractivity contribution in [2.24, 2.45) is 0 Å². The van der Waals surface area contributed by atoms with E-state index < -0.39 is 18.0 Å². The van der Waals surface area contributed by atoms with Crippen LogP contribution in [0.3, 0.4) is 0 Å². The topological polar surface area (TPSA) is 79.1 Å². The maximum Gasteiger partial charge on any atom is 0.414 e. The van der Waals surface area contributed by atoms with Crippen LogP contribution < -0.4 is 15.1 Å². The van der Waals surface area contributed by atoms with Crippen LogP contribution in [0, 0.1) is 12.4 Å². The standard InChI is InChI=1S/C24H24FN5O3/c1-16(31)28-14-19-15-30(24(32)33-19)18-6-7-22(20(25)13-18)29-11-8-17(9-12-29)23(26-2)21-5-3-4-10-27-21/h3-7,10,13,19H,8-9,11-12,14-15H2,1H3,(H,28,31)/t19-/m0/s1. The van der Waals surface area contributed by atoms with Crippen molar-refractivity contribution < 1.29 is 18.7 Å². The Kier molecular flexibility index (Phi) is 6.54. The summed E-state index contributed by atoms with van der Waals surface area (Å²) in [6.45, 7) is 10.6. The summed E-state index contributed by atoms with van der Waals surface area (Å²) >= 11 is 0. The number of piperidine rings is 1. The van der Waals surface area contributed by atoms with Gasteiger partial charge in [-0.2, -0.15) is 0 Å². The van der Waals surface area contributed by atoms with Gasteiger partial charge in [0, 0.05) is 26.2 Å². The molecule has 2 amide bonds. The molecule has 1 N–H and O–H groups in total. The monoisotopic (exact) mass is 449 g/mol. The molecule has 0 saturated carbocycles. The van der Waals surface area contributed by atoms with Gasteiger partial charge >= 0.3 is 6.09 Å². The Morgan fingerprint density at radius 2 is 2.09 bits per heavy atom. The molecule has 1 aromatic carbocycles. The van der Waals surface area contributed by atoms with Gasteiger partial charge in [0.05, 0.1) is 36.7 Å². The number of benzene rings is 1. The number of anilines is 2. The summed E-state index contributed by atoms with van der Waals surface area (Å²) in [6.07, 6.45) is 1.93. The fraction of sp³-hybridized carbons (Fsp3) is 0.333. The third-order valence-electron chi connectivity index (χ3n) is 5.76. The van der Waals surface area contributed by atoms with E-state index in [2.05, 4.69) is 15.1 Å². The molecule has 2 aliphatic heterocycles. The summed E-state index contributed by atoms with van der Waals surface area (Å²) in [6, 6.07) is 10.2. The minimum absolute atomic E-state index is 0.206. The van der Waals surface area contributed by atoms with Crippen LogP contribution in [-0.4, -0.2) is 49.3 Å². The van der Waals surface area contributed by atoms with Gasteiger partial charge in [-0.1, -0.05) is 11.6 Å². The highest BCUT2D eigenvalue weighted by Gasteiger charge is 2.33. The maximum absolute atomic E-state index is 15.0. The van der Waals surface area contributed by atoms with Gasteiger partial charge in [0.1, 0.15) is 11.9 Å². The molecule has 0 unspecified atom stereocenters. The molecule has 2 aromatic rings. The zero-order chi connectivity index (χ0) is 23.4. The minimum atomic E-state index is -0.563. The van der Waals surface area contributed by atoms with Crippen molar-refractivity contribution in [3.63, 3.8) is 0 Å². The summed E-state index contributed by atoms with van der Waals surface area (Å²) in [7, 11) is 0. The summed E-state index contributed by atoms with van der Waals surface area (Å²) in [5, 5.41) is 2.62. The number of carbonyl (C=O) groups excluding carboxylic acids is 2. The van der Waals surface area contributed by atoms with Gasteiger partial charge in [-0.15, -0.1) is 0 Å². The fourth-order valence-electron chi connectivity index (χ4n) is 4.09. The second kappa shape index (κ2) is 9.69. The quantitative estimate of drug-likeness (QED) is 0.706. The molecule has 9 heteroatoms. The first-order chi connectivity index (χ1) is 16.0. The Morgan fingerprint density at radius 3 is 2.73 bits per heavy atom. The van der Waals surface area contributed by atoms with E-state index in [1.165, 1.54) is 17.9 Å². The predicted molar refractivity (Wildman–Crippen MR) is 122 cm³/mol. The number of cyclic esters (lactones) is 1. The van der Waals surface area contributed by atoms with Gasteiger partial charge in [0.15, 0.2) is 0 Å². The van der Waals surface area contributed by atoms with Gasteiger partial charge in [-0.25, -0.2) is 14.0 Å². The summed E-state index contributed by atoms with van der Waals surface area (Å²) in [4.78, 5) is 34.6. The van der Waals surface area contributed by atoms with Gasteiger partial charge in [-0.3, -0.25) is 14.7 Å². The second-order valence-corrected chi connectivity index (χ2v) is 7.96. The van der Waals surface area contributed by atoms with Gasteiger partial charge < -0.3 is 15.0 Å². The van der Waals surface area contributed by atoms with Crippen LogP contribution in [0.15, 0.2) is 48.2 Å². The van der Waals surface area contributed by atoms with E-state index >= 15 is 4.39 Å². The zero-order valence-corrected chi connectivity index (χ0v) is 18.3. The Labute approximate surface area is 191 Å². The van der Waals surface area contributed by atoms with Crippen molar-refractivity contribution in [3.8, 4) is 0 Å². The number of hydrogen-bond acceptors (Lipinski definition) is 5. The van der Waals surface area contributed by atoms with E-state index in [0.29, 0.717) is 48.7 Å². The van der Waals surface area contributed by atoms with E-state index in [9.17, 15) is 9.59 Å². The van der Waals surface area contributed by atoms with E-state index in [0.717, 1.165) is 5.57 Å². The van der Waals surface area contributed by atoms with Crippen LogP contribution in [0.5, 0.6) is 0 Å². The molecule has 4 rings (SSSR count). The molecule has 0 radical (unpaired) electrons. The number of ether oxygens (including phenoxy) is 1. The first-order valence-corrected chi connectivity index (χ1v) is 10.7. The number of nitrogens with zero attached hydrogens (tertiary/aromatic N) is 4. The average molecular weight is 449 g/mol. The van der Waals surface area contributed by atoms with Gasteiger partial charge in [0.2, 0.25) is 11.6 Å². The van der Waals surface area contributed by atoms with Crippen LogP contribution in [0.4, 0.5) is 20.6 Å². The number of nitrogens with one attached hydrogen (secondary N) is 1. The van der Waals surface area contributed by atoms with Crippen molar-refractivity contribution in [2.45, 2.75) is 25.9 Å². The molecule has 2 fully saturated rings. The number of carbonyl (C=O) groups is 2. The fourth-order valence-corrected chi connectivity index (χ4v) is 4.09. The maximum atomic E-state index is 15.0. The molecular weight excluding hydrogens is 425 g/mol. The first kappa shape index (κ1) is 22.3. The van der Waals surface area contributed by atoms with Gasteiger partial charge in [-0.05, 0) is 43.2 Å². The Hall–Kier alpha value is -3.93. The largest absolute Gasteiger partial charge is 0.442 e. The zero-order valence-electron chi connectivity index (χ0n) is 18.3. The highest BCUT2D eigenvalue weighted by Crippen LogP contribution is 2.32. The molecule has 8 nitrogen and oxygen atoms in total. The lowest BCUT2D eigenvalue weighted by Crippen LogP contribution is -2.33. The molecule has 0 spiro atoms. The average Bonchev–Trinajstić information content (AvgIpc) is 3.20. The Balaban J connectivity index is 1.43. The van der Waals surface area contributed by atoms with Crippen LogP contribution in [0.25, 0.3) is 10.5 Å². The van der Waals surface area contributed by atoms with Crippen LogP contribution in [-0.2, 0) is 9.53 Å².